The molecule has 1 aliphatic rings. The van der Waals surface area contributed by atoms with E-state index in [1.807, 2.05) is 20.8 Å². The second-order valence-corrected chi connectivity index (χ2v) is 8.28. The van der Waals surface area contributed by atoms with Crippen molar-refractivity contribution in [3.8, 4) is 0 Å². The number of amides is 1. The number of hydrogen-bond acceptors (Lipinski definition) is 4. The normalized spacial score (nSPS) is 18.4. The number of rotatable bonds is 5. The number of alkyl carbamates (subject to hydrolysis) is 1. The Kier molecular flexibility index (Phi) is 5.17. The molecule has 1 fully saturated rings. The average Bonchev–Trinajstić information content (AvgIpc) is 2.76. The van der Waals surface area contributed by atoms with Crippen LogP contribution >= 0.6 is 11.3 Å². The summed E-state index contributed by atoms with van der Waals surface area (Å²) in [6.45, 7) is 10.8. The molecule has 0 spiro atoms. The molecule has 1 atom stereocenters. The molecule has 1 saturated carbocycles. The molecule has 5 heteroatoms. The Morgan fingerprint density at radius 2 is 2.14 bits per heavy atom. The van der Waals surface area contributed by atoms with Crippen LogP contribution in [-0.2, 0) is 4.74 Å². The molecule has 0 aliphatic heterocycles. The summed E-state index contributed by atoms with van der Waals surface area (Å²) in [5.41, 5.74) is 0.721. The molecule has 22 heavy (non-hydrogen) atoms. The third-order valence-corrected chi connectivity index (χ3v) is 5.32. The van der Waals surface area contributed by atoms with E-state index in [0.717, 1.165) is 25.8 Å². The lowest BCUT2D eigenvalue weighted by atomic mass is 9.76. The van der Waals surface area contributed by atoms with Crippen molar-refractivity contribution in [2.75, 3.05) is 6.54 Å². The lowest BCUT2D eigenvalue weighted by Crippen LogP contribution is -2.60. The van der Waals surface area contributed by atoms with Crippen LogP contribution in [0.15, 0.2) is 11.4 Å². The van der Waals surface area contributed by atoms with Crippen molar-refractivity contribution >= 4 is 17.4 Å². The Bertz CT molecular complexity index is 515. The molecule has 0 saturated heterocycles. The van der Waals surface area contributed by atoms with Crippen molar-refractivity contribution in [2.24, 2.45) is 0 Å². The van der Waals surface area contributed by atoms with Crippen molar-refractivity contribution in [3.63, 3.8) is 0 Å². The molecule has 2 rings (SSSR count). The van der Waals surface area contributed by atoms with Gasteiger partial charge in [-0.3, -0.25) is 0 Å². The Morgan fingerprint density at radius 1 is 1.45 bits per heavy atom. The molecule has 0 bridgehead atoms. The highest BCUT2D eigenvalue weighted by molar-refractivity contribution is 7.10. The predicted octanol–water partition coefficient (Wildman–Crippen LogP) is 4.15. The van der Waals surface area contributed by atoms with Gasteiger partial charge in [-0.05, 0) is 70.9 Å². The van der Waals surface area contributed by atoms with Gasteiger partial charge in [0.2, 0.25) is 0 Å². The van der Waals surface area contributed by atoms with Crippen LogP contribution in [-0.4, -0.2) is 23.8 Å². The largest absolute Gasteiger partial charge is 0.444 e. The fraction of sp³-hybridized carbons (Fsp3) is 0.706. The lowest BCUT2D eigenvalue weighted by molar-refractivity contribution is 0.0379. The van der Waals surface area contributed by atoms with E-state index in [4.69, 9.17) is 4.74 Å². The predicted molar refractivity (Wildman–Crippen MR) is 91.4 cm³/mol. The molecule has 1 aliphatic carbocycles. The van der Waals surface area contributed by atoms with Crippen LogP contribution in [0.4, 0.5) is 4.79 Å². The second kappa shape index (κ2) is 6.59. The Hall–Kier alpha value is -1.07. The van der Waals surface area contributed by atoms with E-state index in [1.54, 1.807) is 11.3 Å². The first kappa shape index (κ1) is 17.3. The van der Waals surface area contributed by atoms with Crippen LogP contribution in [0.1, 0.15) is 63.4 Å². The molecule has 2 N–H and O–H groups in total. The van der Waals surface area contributed by atoms with Gasteiger partial charge in [0.1, 0.15) is 5.60 Å². The third kappa shape index (κ3) is 4.46. The first-order chi connectivity index (χ1) is 10.2. The van der Waals surface area contributed by atoms with E-state index in [1.165, 1.54) is 10.4 Å². The standard InChI is InChI=1S/C17H28N2O2S/c1-12-7-10-22-14(12)13(2)18-11-17(8-6-9-17)19-15(20)21-16(3,4)5/h7,10,13,18H,6,8-9,11H2,1-5H3,(H,19,20). The molecule has 1 heterocycles. The second-order valence-electron chi connectivity index (χ2n) is 7.33. The van der Waals surface area contributed by atoms with E-state index < -0.39 is 5.60 Å². The molecule has 124 valence electrons. The summed E-state index contributed by atoms with van der Waals surface area (Å²) in [5, 5.41) is 8.78. The van der Waals surface area contributed by atoms with Crippen molar-refractivity contribution in [1.82, 2.24) is 10.6 Å². The van der Waals surface area contributed by atoms with Gasteiger partial charge >= 0.3 is 6.09 Å². The van der Waals surface area contributed by atoms with E-state index in [0.29, 0.717) is 6.04 Å². The topological polar surface area (TPSA) is 50.4 Å². The summed E-state index contributed by atoms with van der Waals surface area (Å²) >= 11 is 1.78. The summed E-state index contributed by atoms with van der Waals surface area (Å²) in [4.78, 5) is 13.4. The van der Waals surface area contributed by atoms with Crippen LogP contribution in [0.25, 0.3) is 0 Å². The molecule has 4 nitrogen and oxygen atoms in total. The molecule has 1 unspecified atom stereocenters. The van der Waals surface area contributed by atoms with E-state index in [-0.39, 0.29) is 11.6 Å². The molecule has 0 aromatic carbocycles. The van der Waals surface area contributed by atoms with Gasteiger partial charge in [-0.25, -0.2) is 4.79 Å². The number of hydrogen-bond donors (Lipinski definition) is 2. The summed E-state index contributed by atoms with van der Waals surface area (Å²) in [5.74, 6) is 0. The first-order valence-corrected chi connectivity index (χ1v) is 8.87. The maximum atomic E-state index is 12.0. The number of aryl methyl sites for hydroxylation is 1. The quantitative estimate of drug-likeness (QED) is 0.855. The summed E-state index contributed by atoms with van der Waals surface area (Å²) < 4.78 is 5.39. The Labute approximate surface area is 137 Å². The van der Waals surface area contributed by atoms with Gasteiger partial charge in [-0.15, -0.1) is 11.3 Å². The van der Waals surface area contributed by atoms with E-state index in [9.17, 15) is 4.79 Å². The summed E-state index contributed by atoms with van der Waals surface area (Å²) in [7, 11) is 0. The first-order valence-electron chi connectivity index (χ1n) is 7.99. The van der Waals surface area contributed by atoms with Crippen LogP contribution in [0, 0.1) is 6.92 Å². The highest BCUT2D eigenvalue weighted by Crippen LogP contribution is 2.33. The third-order valence-electron chi connectivity index (χ3n) is 4.12. The van der Waals surface area contributed by atoms with Gasteiger partial charge in [0.15, 0.2) is 0 Å². The van der Waals surface area contributed by atoms with Gasteiger partial charge in [0, 0.05) is 17.5 Å². The summed E-state index contributed by atoms with van der Waals surface area (Å²) in [6.07, 6.45) is 2.86. The number of nitrogens with one attached hydrogen (secondary N) is 2. The Balaban J connectivity index is 1.89. The van der Waals surface area contributed by atoms with Gasteiger partial charge in [0.05, 0.1) is 5.54 Å². The monoisotopic (exact) mass is 324 g/mol. The van der Waals surface area contributed by atoms with Crippen LogP contribution in [0.3, 0.4) is 0 Å². The van der Waals surface area contributed by atoms with Crippen molar-refractivity contribution in [3.05, 3.63) is 21.9 Å². The smallest absolute Gasteiger partial charge is 0.408 e. The minimum atomic E-state index is -0.455. The van der Waals surface area contributed by atoms with Crippen LogP contribution in [0.5, 0.6) is 0 Å². The maximum absolute atomic E-state index is 12.0. The SMILES string of the molecule is Cc1ccsc1C(C)NCC1(NC(=O)OC(C)(C)C)CCC1. The van der Waals surface area contributed by atoms with Crippen molar-refractivity contribution in [2.45, 2.75) is 71.1 Å². The zero-order valence-electron chi connectivity index (χ0n) is 14.3. The lowest BCUT2D eigenvalue weighted by Gasteiger charge is -2.43. The van der Waals surface area contributed by atoms with E-state index >= 15 is 0 Å². The molecule has 1 amide bonds. The van der Waals surface area contributed by atoms with Crippen molar-refractivity contribution in [1.29, 1.82) is 0 Å². The highest BCUT2D eigenvalue weighted by atomic mass is 32.1. The van der Waals surface area contributed by atoms with Gasteiger partial charge < -0.3 is 15.4 Å². The van der Waals surface area contributed by atoms with Gasteiger partial charge in [-0.2, -0.15) is 0 Å². The highest BCUT2D eigenvalue weighted by Gasteiger charge is 2.39. The fourth-order valence-corrected chi connectivity index (χ4v) is 3.70. The van der Waals surface area contributed by atoms with E-state index in [2.05, 4.69) is 35.9 Å². The minimum Gasteiger partial charge on any atom is -0.444 e. The Morgan fingerprint density at radius 3 is 2.59 bits per heavy atom. The summed E-state index contributed by atoms with van der Waals surface area (Å²) in [6, 6.07) is 2.45. The van der Waals surface area contributed by atoms with Gasteiger partial charge in [-0.1, -0.05) is 0 Å². The fourth-order valence-electron chi connectivity index (χ4n) is 2.74. The van der Waals surface area contributed by atoms with Crippen molar-refractivity contribution < 1.29 is 9.53 Å². The van der Waals surface area contributed by atoms with Gasteiger partial charge in [0.25, 0.3) is 0 Å². The maximum Gasteiger partial charge on any atom is 0.408 e. The number of thiophene rings is 1. The minimum absolute atomic E-state index is 0.151. The molecule has 0 radical (unpaired) electrons. The average molecular weight is 324 g/mol. The number of carbonyl (C=O) groups is 1. The number of ether oxygens (including phenoxy) is 1. The molecular weight excluding hydrogens is 296 g/mol. The zero-order valence-corrected chi connectivity index (χ0v) is 15.1. The number of carbonyl (C=O) groups excluding carboxylic acids is 1. The molecule has 1 aromatic rings. The molecular formula is C17H28N2O2S. The zero-order chi connectivity index (χ0) is 16.4. The van der Waals surface area contributed by atoms with Crippen LogP contribution in [0.2, 0.25) is 0 Å². The molecule has 1 aromatic heterocycles. The van der Waals surface area contributed by atoms with Crippen LogP contribution < -0.4 is 10.6 Å².